The lowest BCUT2D eigenvalue weighted by Crippen LogP contribution is -2.52. The van der Waals surface area contributed by atoms with Crippen LogP contribution in [0.3, 0.4) is 0 Å². The SMILES string of the molecule is CC(=O)N(C)c1ccc2c(c1)CN(C1CCC(=O)NC1=O)C2=O. The number of hydrogen-bond acceptors (Lipinski definition) is 4. The molecule has 3 rings (SSSR count). The average Bonchev–Trinajstić information content (AvgIpc) is 2.83. The van der Waals surface area contributed by atoms with Crippen LogP contribution in [0.4, 0.5) is 5.69 Å². The first-order valence-electron chi connectivity index (χ1n) is 7.40. The van der Waals surface area contributed by atoms with Gasteiger partial charge in [-0.05, 0) is 30.2 Å². The predicted molar refractivity (Wildman–Crippen MR) is 81.6 cm³/mol. The topological polar surface area (TPSA) is 86.8 Å². The largest absolute Gasteiger partial charge is 0.322 e. The summed E-state index contributed by atoms with van der Waals surface area (Å²) in [7, 11) is 1.67. The highest BCUT2D eigenvalue weighted by atomic mass is 16.2. The minimum absolute atomic E-state index is 0.101. The molecule has 1 unspecified atom stereocenters. The van der Waals surface area contributed by atoms with Gasteiger partial charge < -0.3 is 9.80 Å². The number of imide groups is 1. The summed E-state index contributed by atoms with van der Waals surface area (Å²) in [6.45, 7) is 1.77. The molecule has 1 fully saturated rings. The van der Waals surface area contributed by atoms with Crippen LogP contribution in [-0.2, 0) is 20.9 Å². The number of fused-ring (bicyclic) bond motifs is 1. The Hall–Kier alpha value is -2.70. The first-order chi connectivity index (χ1) is 10.9. The second kappa shape index (κ2) is 5.49. The van der Waals surface area contributed by atoms with Crippen LogP contribution in [0.1, 0.15) is 35.7 Å². The van der Waals surface area contributed by atoms with Gasteiger partial charge in [0.25, 0.3) is 5.91 Å². The molecule has 0 aromatic heterocycles. The molecule has 1 saturated heterocycles. The van der Waals surface area contributed by atoms with Gasteiger partial charge in [-0.1, -0.05) is 0 Å². The molecule has 1 aromatic carbocycles. The third kappa shape index (κ3) is 2.58. The molecule has 7 nitrogen and oxygen atoms in total. The molecule has 7 heteroatoms. The smallest absolute Gasteiger partial charge is 0.255 e. The average molecular weight is 315 g/mol. The highest BCUT2D eigenvalue weighted by Gasteiger charge is 2.39. The van der Waals surface area contributed by atoms with E-state index >= 15 is 0 Å². The van der Waals surface area contributed by atoms with Crippen LogP contribution in [0.25, 0.3) is 0 Å². The molecule has 1 aromatic rings. The van der Waals surface area contributed by atoms with Gasteiger partial charge in [0, 0.05) is 38.2 Å². The van der Waals surface area contributed by atoms with E-state index in [1.807, 2.05) is 0 Å². The van der Waals surface area contributed by atoms with Gasteiger partial charge in [0.1, 0.15) is 6.04 Å². The Balaban J connectivity index is 1.86. The maximum Gasteiger partial charge on any atom is 0.255 e. The molecule has 1 N–H and O–H groups in total. The van der Waals surface area contributed by atoms with E-state index in [9.17, 15) is 19.2 Å². The van der Waals surface area contributed by atoms with Crippen molar-refractivity contribution in [3.63, 3.8) is 0 Å². The number of carbonyl (C=O) groups is 4. The van der Waals surface area contributed by atoms with Crippen LogP contribution in [0.5, 0.6) is 0 Å². The van der Waals surface area contributed by atoms with E-state index in [4.69, 9.17) is 0 Å². The Bertz CT molecular complexity index is 728. The fraction of sp³-hybridized carbons (Fsp3) is 0.375. The quantitative estimate of drug-likeness (QED) is 0.802. The van der Waals surface area contributed by atoms with Crippen molar-refractivity contribution in [1.29, 1.82) is 0 Å². The van der Waals surface area contributed by atoms with Gasteiger partial charge in [-0.2, -0.15) is 0 Å². The van der Waals surface area contributed by atoms with E-state index in [2.05, 4.69) is 5.32 Å². The molecule has 0 radical (unpaired) electrons. The van der Waals surface area contributed by atoms with Gasteiger partial charge in [0.2, 0.25) is 17.7 Å². The highest BCUT2D eigenvalue weighted by Crippen LogP contribution is 2.30. The van der Waals surface area contributed by atoms with Gasteiger partial charge in [-0.15, -0.1) is 0 Å². The fourth-order valence-electron chi connectivity index (χ4n) is 2.95. The monoisotopic (exact) mass is 315 g/mol. The van der Waals surface area contributed by atoms with Gasteiger partial charge >= 0.3 is 0 Å². The van der Waals surface area contributed by atoms with Crippen LogP contribution in [-0.4, -0.2) is 41.6 Å². The molecule has 0 bridgehead atoms. The third-order valence-electron chi connectivity index (χ3n) is 4.37. The molecule has 2 aliphatic rings. The zero-order valence-corrected chi connectivity index (χ0v) is 13.0. The van der Waals surface area contributed by atoms with Crippen molar-refractivity contribution in [2.45, 2.75) is 32.4 Å². The summed E-state index contributed by atoms with van der Waals surface area (Å²) in [5, 5.41) is 2.27. The molecule has 4 amide bonds. The van der Waals surface area contributed by atoms with E-state index in [-0.39, 0.29) is 24.1 Å². The lowest BCUT2D eigenvalue weighted by Gasteiger charge is -2.29. The summed E-state index contributed by atoms with van der Waals surface area (Å²) in [5.74, 6) is -1.05. The number of carbonyl (C=O) groups excluding carboxylic acids is 4. The summed E-state index contributed by atoms with van der Waals surface area (Å²) in [4.78, 5) is 50.2. The molecule has 2 heterocycles. The first kappa shape index (κ1) is 15.2. The number of piperidine rings is 1. The van der Waals surface area contributed by atoms with Gasteiger partial charge in [0.15, 0.2) is 0 Å². The Kier molecular flexibility index (Phi) is 3.63. The van der Waals surface area contributed by atoms with E-state index in [1.54, 1.807) is 25.2 Å². The molecule has 0 saturated carbocycles. The summed E-state index contributed by atoms with van der Waals surface area (Å²) in [5.41, 5.74) is 2.02. The lowest BCUT2D eigenvalue weighted by atomic mass is 10.0. The zero-order valence-electron chi connectivity index (χ0n) is 13.0. The number of nitrogens with zero attached hydrogens (tertiary/aromatic N) is 2. The van der Waals surface area contributed by atoms with Crippen LogP contribution in [0.2, 0.25) is 0 Å². The molecule has 120 valence electrons. The second-order valence-corrected chi connectivity index (χ2v) is 5.82. The number of benzene rings is 1. The second-order valence-electron chi connectivity index (χ2n) is 5.82. The number of hydrogen-bond donors (Lipinski definition) is 1. The van der Waals surface area contributed by atoms with E-state index in [0.717, 1.165) is 5.56 Å². The lowest BCUT2D eigenvalue weighted by molar-refractivity contribution is -0.137. The van der Waals surface area contributed by atoms with Crippen molar-refractivity contribution in [2.24, 2.45) is 0 Å². The number of anilines is 1. The Morgan fingerprint density at radius 2 is 2.04 bits per heavy atom. The summed E-state index contributed by atoms with van der Waals surface area (Å²) in [6, 6.07) is 4.56. The standard InChI is InChI=1S/C16H17N3O4/c1-9(20)18(2)11-3-4-12-10(7-11)8-19(16(12)23)13-5-6-14(21)17-15(13)22/h3-4,7,13H,5-6,8H2,1-2H3,(H,17,21,22). The van der Waals surface area contributed by atoms with Crippen molar-refractivity contribution in [3.05, 3.63) is 29.3 Å². The molecule has 1 atom stereocenters. The third-order valence-corrected chi connectivity index (χ3v) is 4.37. The summed E-state index contributed by atoms with van der Waals surface area (Å²) >= 11 is 0. The number of rotatable bonds is 2. The predicted octanol–water partition coefficient (Wildman–Crippen LogP) is 0.430. The van der Waals surface area contributed by atoms with E-state index in [0.29, 0.717) is 24.2 Å². The van der Waals surface area contributed by atoms with Gasteiger partial charge in [0.05, 0.1) is 0 Å². The van der Waals surface area contributed by atoms with Gasteiger partial charge in [-0.3, -0.25) is 24.5 Å². The van der Waals surface area contributed by atoms with Crippen LogP contribution >= 0.6 is 0 Å². The number of nitrogens with one attached hydrogen (secondary N) is 1. The maximum absolute atomic E-state index is 12.5. The molecule has 0 spiro atoms. The summed E-state index contributed by atoms with van der Waals surface area (Å²) < 4.78 is 0. The van der Waals surface area contributed by atoms with Crippen molar-refractivity contribution in [3.8, 4) is 0 Å². The van der Waals surface area contributed by atoms with Crippen LogP contribution in [0.15, 0.2) is 18.2 Å². The van der Waals surface area contributed by atoms with Crippen molar-refractivity contribution in [2.75, 3.05) is 11.9 Å². The van der Waals surface area contributed by atoms with Crippen molar-refractivity contribution in [1.82, 2.24) is 10.2 Å². The maximum atomic E-state index is 12.5. The zero-order chi connectivity index (χ0) is 16.7. The highest BCUT2D eigenvalue weighted by molar-refractivity contribution is 6.05. The fourth-order valence-corrected chi connectivity index (χ4v) is 2.95. The Labute approximate surface area is 133 Å². The molecule has 0 aliphatic carbocycles. The van der Waals surface area contributed by atoms with E-state index < -0.39 is 11.9 Å². The minimum atomic E-state index is -0.624. The van der Waals surface area contributed by atoms with Crippen molar-refractivity contribution >= 4 is 29.3 Å². The molecule has 23 heavy (non-hydrogen) atoms. The normalized spacial score (nSPS) is 20.3. The molecular weight excluding hydrogens is 298 g/mol. The summed E-state index contributed by atoms with van der Waals surface area (Å²) in [6.07, 6.45) is 0.569. The Morgan fingerprint density at radius 1 is 1.30 bits per heavy atom. The van der Waals surface area contributed by atoms with Crippen LogP contribution < -0.4 is 10.2 Å². The molecule has 2 aliphatic heterocycles. The minimum Gasteiger partial charge on any atom is -0.322 e. The van der Waals surface area contributed by atoms with Gasteiger partial charge in [-0.25, -0.2) is 0 Å². The van der Waals surface area contributed by atoms with E-state index in [1.165, 1.54) is 16.7 Å². The Morgan fingerprint density at radius 3 is 2.70 bits per heavy atom. The molecular formula is C16H17N3O4. The first-order valence-corrected chi connectivity index (χ1v) is 7.40. The van der Waals surface area contributed by atoms with Crippen LogP contribution in [0, 0.1) is 0 Å². The van der Waals surface area contributed by atoms with Crippen molar-refractivity contribution < 1.29 is 19.2 Å². The number of amides is 4.